The molecule has 2 amide bonds. The summed E-state index contributed by atoms with van der Waals surface area (Å²) in [4.78, 5) is 27.7. The Bertz CT molecular complexity index is 871. The summed E-state index contributed by atoms with van der Waals surface area (Å²) >= 11 is 6.13. The van der Waals surface area contributed by atoms with Crippen LogP contribution in [0.4, 0.5) is 4.39 Å². The molecule has 0 saturated heterocycles. The minimum atomic E-state index is -0.680. The molecule has 2 aromatic carbocycles. The maximum atomic E-state index is 14.3. The highest BCUT2D eigenvalue weighted by atomic mass is 35.5. The molecule has 0 aliphatic rings. The molecule has 0 radical (unpaired) electrons. The molecule has 0 bridgehead atoms. The van der Waals surface area contributed by atoms with Crippen molar-refractivity contribution in [3.05, 3.63) is 64.4 Å². The van der Waals surface area contributed by atoms with Crippen LogP contribution in [0.3, 0.4) is 0 Å². The van der Waals surface area contributed by atoms with E-state index in [1.54, 1.807) is 13.2 Å². The van der Waals surface area contributed by atoms with Crippen LogP contribution in [-0.2, 0) is 22.6 Å². The summed E-state index contributed by atoms with van der Waals surface area (Å²) in [5, 5.41) is 3.10. The first-order valence-corrected chi connectivity index (χ1v) is 10.9. The summed E-state index contributed by atoms with van der Waals surface area (Å²) in [7, 11) is 1.57. The van der Waals surface area contributed by atoms with Crippen molar-refractivity contribution >= 4 is 23.4 Å². The third-order valence-corrected chi connectivity index (χ3v) is 5.45. The smallest absolute Gasteiger partial charge is 0.242 e. The van der Waals surface area contributed by atoms with Crippen molar-refractivity contribution in [2.24, 2.45) is 0 Å². The number of carbonyl (C=O) groups excluding carboxylic acids is 2. The van der Waals surface area contributed by atoms with Gasteiger partial charge in [0.2, 0.25) is 11.8 Å². The Morgan fingerprint density at radius 3 is 2.58 bits per heavy atom. The van der Waals surface area contributed by atoms with Crippen LogP contribution >= 0.6 is 11.6 Å². The Kier molecular flexibility index (Phi) is 9.79. The van der Waals surface area contributed by atoms with Gasteiger partial charge in [-0.2, -0.15) is 0 Å². The number of nitrogens with zero attached hydrogens (tertiary/aromatic N) is 1. The molecule has 5 nitrogen and oxygen atoms in total. The van der Waals surface area contributed by atoms with Crippen LogP contribution in [0.15, 0.2) is 42.5 Å². The molecule has 0 unspecified atom stereocenters. The van der Waals surface area contributed by atoms with Gasteiger partial charge in [-0.25, -0.2) is 4.39 Å². The summed E-state index contributed by atoms with van der Waals surface area (Å²) in [6, 6.07) is 11.0. The van der Waals surface area contributed by atoms with E-state index in [2.05, 4.69) is 5.32 Å². The number of nitrogens with one attached hydrogen (secondary N) is 1. The van der Waals surface area contributed by atoms with Crippen LogP contribution < -0.4 is 10.1 Å². The van der Waals surface area contributed by atoms with Crippen molar-refractivity contribution < 1.29 is 18.7 Å². The summed E-state index contributed by atoms with van der Waals surface area (Å²) < 4.78 is 19.6. The van der Waals surface area contributed by atoms with E-state index in [0.717, 1.165) is 18.4 Å². The van der Waals surface area contributed by atoms with E-state index in [1.165, 1.54) is 17.0 Å². The van der Waals surface area contributed by atoms with Crippen LogP contribution in [0.25, 0.3) is 0 Å². The average molecular weight is 449 g/mol. The number of methoxy groups -OCH3 is 1. The van der Waals surface area contributed by atoms with E-state index in [-0.39, 0.29) is 35.4 Å². The lowest BCUT2D eigenvalue weighted by Gasteiger charge is -2.31. The Balaban J connectivity index is 2.32. The standard InChI is InChI=1S/C24H30ClFN2O3/c1-4-6-13-27-24(30)22(5-2)28(16-17-9-7-10-18(14-17)31-3)23(29)15-19-20(25)11-8-12-21(19)26/h7-12,14,22H,4-6,13,15-16H2,1-3H3,(H,27,30)/t22-/m1/s1. The Morgan fingerprint density at radius 2 is 1.94 bits per heavy atom. The molecule has 0 heterocycles. The predicted molar refractivity (Wildman–Crippen MR) is 121 cm³/mol. The molecule has 0 aliphatic heterocycles. The fourth-order valence-corrected chi connectivity index (χ4v) is 3.58. The normalized spacial score (nSPS) is 11.6. The third-order valence-electron chi connectivity index (χ3n) is 5.09. The zero-order chi connectivity index (χ0) is 22.8. The maximum absolute atomic E-state index is 14.3. The lowest BCUT2D eigenvalue weighted by molar-refractivity contribution is -0.141. The third kappa shape index (κ3) is 6.96. The number of halogens is 2. The van der Waals surface area contributed by atoms with Crippen LogP contribution in [0.5, 0.6) is 5.75 Å². The molecule has 7 heteroatoms. The molecular formula is C24H30ClFN2O3. The van der Waals surface area contributed by atoms with Gasteiger partial charge in [-0.15, -0.1) is 0 Å². The van der Waals surface area contributed by atoms with Gasteiger partial charge in [0.05, 0.1) is 13.5 Å². The molecule has 1 atom stereocenters. The number of carbonyl (C=O) groups is 2. The van der Waals surface area contributed by atoms with E-state index < -0.39 is 11.9 Å². The highest BCUT2D eigenvalue weighted by Crippen LogP contribution is 2.23. The molecule has 0 spiro atoms. The van der Waals surface area contributed by atoms with Gasteiger partial charge in [-0.1, -0.05) is 50.1 Å². The second-order valence-corrected chi connectivity index (χ2v) is 7.73. The highest BCUT2D eigenvalue weighted by molar-refractivity contribution is 6.31. The van der Waals surface area contributed by atoms with Gasteiger partial charge in [0.1, 0.15) is 17.6 Å². The van der Waals surface area contributed by atoms with Gasteiger partial charge in [0.15, 0.2) is 0 Å². The number of rotatable bonds is 11. The largest absolute Gasteiger partial charge is 0.497 e. The minimum absolute atomic E-state index is 0.131. The summed E-state index contributed by atoms with van der Waals surface area (Å²) in [5.74, 6) is -0.468. The SMILES string of the molecule is CCCCNC(=O)[C@@H](CC)N(Cc1cccc(OC)c1)C(=O)Cc1c(F)cccc1Cl. The van der Waals surface area contributed by atoms with Crippen LogP contribution in [0, 0.1) is 5.82 Å². The topological polar surface area (TPSA) is 58.6 Å². The average Bonchev–Trinajstić information content (AvgIpc) is 2.76. The molecular weight excluding hydrogens is 419 g/mol. The van der Waals surface area contributed by atoms with Crippen LogP contribution in [0.1, 0.15) is 44.2 Å². The predicted octanol–water partition coefficient (Wildman–Crippen LogP) is 4.75. The van der Waals surface area contributed by atoms with E-state index >= 15 is 0 Å². The molecule has 0 saturated carbocycles. The van der Waals surface area contributed by atoms with Crippen LogP contribution in [-0.4, -0.2) is 36.4 Å². The monoisotopic (exact) mass is 448 g/mol. The Hall–Kier alpha value is -2.60. The maximum Gasteiger partial charge on any atom is 0.242 e. The van der Waals surface area contributed by atoms with E-state index in [0.29, 0.717) is 18.7 Å². The van der Waals surface area contributed by atoms with Gasteiger partial charge >= 0.3 is 0 Å². The number of hydrogen-bond acceptors (Lipinski definition) is 3. The van der Waals surface area contributed by atoms with Crippen LogP contribution in [0.2, 0.25) is 5.02 Å². The summed E-state index contributed by atoms with van der Waals surface area (Å²) in [6.45, 7) is 4.64. The van der Waals surface area contributed by atoms with E-state index in [1.807, 2.05) is 38.1 Å². The Morgan fingerprint density at radius 1 is 1.19 bits per heavy atom. The first-order chi connectivity index (χ1) is 14.9. The van der Waals surface area contributed by atoms with Crippen molar-refractivity contribution in [3.8, 4) is 5.75 Å². The number of hydrogen-bond donors (Lipinski definition) is 1. The summed E-state index contributed by atoms with van der Waals surface area (Å²) in [5.41, 5.74) is 0.943. The highest BCUT2D eigenvalue weighted by Gasteiger charge is 2.29. The lowest BCUT2D eigenvalue weighted by Crippen LogP contribution is -2.49. The van der Waals surface area contributed by atoms with Crippen molar-refractivity contribution in [3.63, 3.8) is 0 Å². The molecule has 2 rings (SSSR count). The number of benzene rings is 2. The molecule has 31 heavy (non-hydrogen) atoms. The van der Waals surface area contributed by atoms with Crippen molar-refractivity contribution in [1.29, 1.82) is 0 Å². The second kappa shape index (κ2) is 12.3. The molecule has 168 valence electrons. The first-order valence-electron chi connectivity index (χ1n) is 10.5. The van der Waals surface area contributed by atoms with Gasteiger partial charge in [0, 0.05) is 23.7 Å². The van der Waals surface area contributed by atoms with Crippen molar-refractivity contribution in [2.45, 2.75) is 52.1 Å². The number of ether oxygens (including phenoxy) is 1. The van der Waals surface area contributed by atoms with E-state index in [4.69, 9.17) is 16.3 Å². The minimum Gasteiger partial charge on any atom is -0.497 e. The van der Waals surface area contributed by atoms with E-state index in [9.17, 15) is 14.0 Å². The quantitative estimate of drug-likeness (QED) is 0.504. The zero-order valence-corrected chi connectivity index (χ0v) is 19.0. The fraction of sp³-hybridized carbons (Fsp3) is 0.417. The zero-order valence-electron chi connectivity index (χ0n) is 18.3. The second-order valence-electron chi connectivity index (χ2n) is 7.32. The van der Waals surface area contributed by atoms with Gasteiger partial charge in [-0.05, 0) is 42.7 Å². The van der Waals surface area contributed by atoms with Crippen molar-refractivity contribution in [1.82, 2.24) is 10.2 Å². The lowest BCUT2D eigenvalue weighted by atomic mass is 10.1. The van der Waals surface area contributed by atoms with Crippen molar-refractivity contribution in [2.75, 3.05) is 13.7 Å². The molecule has 1 N–H and O–H groups in total. The van der Waals surface area contributed by atoms with Gasteiger partial charge in [0.25, 0.3) is 0 Å². The fourth-order valence-electron chi connectivity index (χ4n) is 3.35. The number of amides is 2. The van der Waals surface area contributed by atoms with Gasteiger partial charge in [-0.3, -0.25) is 9.59 Å². The molecule has 0 fully saturated rings. The molecule has 2 aromatic rings. The molecule has 0 aliphatic carbocycles. The first kappa shape index (κ1) is 24.7. The summed E-state index contributed by atoms with van der Waals surface area (Å²) in [6.07, 6.45) is 2.01. The molecule has 0 aromatic heterocycles. The Labute approximate surface area is 188 Å². The van der Waals surface area contributed by atoms with Gasteiger partial charge < -0.3 is 15.0 Å². The number of unbranched alkanes of at least 4 members (excludes halogenated alkanes) is 1.